The van der Waals surface area contributed by atoms with E-state index in [1.807, 2.05) is 6.92 Å². The number of rotatable bonds is 5. The molecule has 0 radical (unpaired) electrons. The van der Waals surface area contributed by atoms with Crippen molar-refractivity contribution in [3.63, 3.8) is 0 Å². The molecular formula is C11H17N3S. The summed E-state index contributed by atoms with van der Waals surface area (Å²) < 4.78 is 0. The van der Waals surface area contributed by atoms with Crippen molar-refractivity contribution in [1.82, 2.24) is 9.88 Å². The van der Waals surface area contributed by atoms with Gasteiger partial charge in [-0.15, -0.1) is 11.3 Å². The van der Waals surface area contributed by atoms with Gasteiger partial charge in [0.05, 0.1) is 12.6 Å². The smallest absolute Gasteiger partial charge is 0.107 e. The first-order chi connectivity index (χ1) is 7.13. The van der Waals surface area contributed by atoms with Crippen molar-refractivity contribution in [3.8, 4) is 6.07 Å². The monoisotopic (exact) mass is 223 g/mol. The van der Waals surface area contributed by atoms with Gasteiger partial charge in [-0.3, -0.25) is 4.90 Å². The Hall–Kier alpha value is -0.920. The first kappa shape index (κ1) is 12.2. The van der Waals surface area contributed by atoms with Gasteiger partial charge in [0.1, 0.15) is 5.01 Å². The van der Waals surface area contributed by atoms with Gasteiger partial charge >= 0.3 is 0 Å². The lowest BCUT2D eigenvalue weighted by Crippen LogP contribution is -2.31. The second-order valence-corrected chi connectivity index (χ2v) is 4.80. The largest absolute Gasteiger partial charge is 0.293 e. The van der Waals surface area contributed by atoms with Crippen molar-refractivity contribution >= 4 is 11.3 Å². The van der Waals surface area contributed by atoms with E-state index >= 15 is 0 Å². The van der Waals surface area contributed by atoms with Crippen molar-refractivity contribution in [2.75, 3.05) is 6.54 Å². The van der Waals surface area contributed by atoms with Crippen LogP contribution >= 0.6 is 11.3 Å². The Balaban J connectivity index is 2.55. The van der Waals surface area contributed by atoms with Crippen molar-refractivity contribution < 1.29 is 0 Å². The average molecular weight is 223 g/mol. The Labute approximate surface area is 95.4 Å². The van der Waals surface area contributed by atoms with E-state index in [2.05, 4.69) is 35.2 Å². The molecular weight excluding hydrogens is 206 g/mol. The topological polar surface area (TPSA) is 39.9 Å². The van der Waals surface area contributed by atoms with Crippen molar-refractivity contribution in [3.05, 3.63) is 16.1 Å². The minimum absolute atomic E-state index is 0.461. The van der Waals surface area contributed by atoms with E-state index in [-0.39, 0.29) is 0 Å². The van der Waals surface area contributed by atoms with E-state index in [0.717, 1.165) is 23.8 Å². The summed E-state index contributed by atoms with van der Waals surface area (Å²) in [6, 6.07) is 2.65. The lowest BCUT2D eigenvalue weighted by Gasteiger charge is -2.24. The van der Waals surface area contributed by atoms with Crippen LogP contribution in [0.3, 0.4) is 0 Å². The van der Waals surface area contributed by atoms with Gasteiger partial charge < -0.3 is 0 Å². The van der Waals surface area contributed by atoms with E-state index < -0.39 is 0 Å². The molecule has 0 saturated heterocycles. The second-order valence-electron chi connectivity index (χ2n) is 3.85. The first-order valence-electron chi connectivity index (χ1n) is 5.15. The highest BCUT2D eigenvalue weighted by Gasteiger charge is 2.11. The maximum atomic E-state index is 8.58. The summed E-state index contributed by atoms with van der Waals surface area (Å²) >= 11 is 1.69. The summed E-state index contributed by atoms with van der Waals surface area (Å²) in [5.74, 6) is 0. The molecule has 0 bridgehead atoms. The minimum Gasteiger partial charge on any atom is -0.293 e. The normalized spacial score (nSPS) is 10.9. The Morgan fingerprint density at radius 2 is 2.33 bits per heavy atom. The van der Waals surface area contributed by atoms with Crippen molar-refractivity contribution in [1.29, 1.82) is 5.26 Å². The Bertz CT molecular complexity index is 338. The number of thiazole rings is 1. The zero-order valence-corrected chi connectivity index (χ0v) is 10.3. The van der Waals surface area contributed by atoms with E-state index in [9.17, 15) is 0 Å². The molecule has 0 aliphatic rings. The quantitative estimate of drug-likeness (QED) is 0.770. The number of aromatic nitrogens is 1. The lowest BCUT2D eigenvalue weighted by atomic mass is 10.3. The van der Waals surface area contributed by atoms with Gasteiger partial charge in [-0.2, -0.15) is 5.26 Å². The summed E-state index contributed by atoms with van der Waals surface area (Å²) in [4.78, 5) is 6.71. The molecule has 0 fully saturated rings. The molecule has 1 rings (SSSR count). The van der Waals surface area contributed by atoms with Gasteiger partial charge in [0.2, 0.25) is 0 Å². The molecule has 0 amide bonds. The predicted molar refractivity (Wildman–Crippen MR) is 62.6 cm³/mol. The van der Waals surface area contributed by atoms with Crippen LogP contribution < -0.4 is 0 Å². The third kappa shape index (κ3) is 3.98. The zero-order valence-electron chi connectivity index (χ0n) is 9.53. The van der Waals surface area contributed by atoms with Crippen molar-refractivity contribution in [2.45, 2.75) is 39.8 Å². The second kappa shape index (κ2) is 5.84. The highest BCUT2D eigenvalue weighted by Crippen LogP contribution is 2.13. The molecule has 1 heterocycles. The summed E-state index contributed by atoms with van der Waals surface area (Å²) in [6.45, 7) is 8.00. The van der Waals surface area contributed by atoms with Crippen LogP contribution in [-0.2, 0) is 6.54 Å². The highest BCUT2D eigenvalue weighted by atomic mass is 32.1. The molecule has 0 saturated carbocycles. The van der Waals surface area contributed by atoms with E-state index in [0.29, 0.717) is 12.5 Å². The van der Waals surface area contributed by atoms with E-state index in [1.54, 1.807) is 11.3 Å². The minimum atomic E-state index is 0.461. The molecule has 4 heteroatoms. The van der Waals surface area contributed by atoms with E-state index in [1.165, 1.54) is 0 Å². The summed E-state index contributed by atoms with van der Waals surface area (Å²) in [6.07, 6.45) is 0.586. The maximum Gasteiger partial charge on any atom is 0.107 e. The van der Waals surface area contributed by atoms with Crippen LogP contribution in [0, 0.1) is 18.3 Å². The first-order valence-corrected chi connectivity index (χ1v) is 6.03. The van der Waals surface area contributed by atoms with Gasteiger partial charge in [-0.05, 0) is 20.8 Å². The van der Waals surface area contributed by atoms with Gasteiger partial charge in [0.15, 0.2) is 0 Å². The number of hydrogen-bond donors (Lipinski definition) is 0. The molecule has 1 aromatic rings. The third-order valence-corrected chi connectivity index (χ3v) is 3.20. The number of nitriles is 1. The summed E-state index contributed by atoms with van der Waals surface area (Å²) in [7, 11) is 0. The molecule has 0 aliphatic heterocycles. The molecule has 15 heavy (non-hydrogen) atoms. The predicted octanol–water partition coefficient (Wildman–Crippen LogP) is 2.58. The van der Waals surface area contributed by atoms with Crippen LogP contribution in [-0.4, -0.2) is 22.5 Å². The fraction of sp³-hybridized carbons (Fsp3) is 0.636. The van der Waals surface area contributed by atoms with Crippen LogP contribution in [0.15, 0.2) is 5.38 Å². The van der Waals surface area contributed by atoms with Gasteiger partial charge in [0.25, 0.3) is 0 Å². The molecule has 1 aromatic heterocycles. The van der Waals surface area contributed by atoms with Gasteiger partial charge in [0, 0.05) is 30.1 Å². The molecule has 0 unspecified atom stereocenters. The Morgan fingerprint density at radius 3 is 2.80 bits per heavy atom. The average Bonchev–Trinajstić information content (AvgIpc) is 2.58. The summed E-state index contributed by atoms with van der Waals surface area (Å²) in [5, 5.41) is 11.8. The fourth-order valence-electron chi connectivity index (χ4n) is 1.36. The molecule has 0 aliphatic carbocycles. The van der Waals surface area contributed by atoms with Crippen LogP contribution in [0.1, 0.15) is 31.0 Å². The van der Waals surface area contributed by atoms with Crippen LogP contribution in [0.5, 0.6) is 0 Å². The Kier molecular flexibility index (Phi) is 4.73. The van der Waals surface area contributed by atoms with Crippen molar-refractivity contribution in [2.24, 2.45) is 0 Å². The van der Waals surface area contributed by atoms with Crippen LogP contribution in [0.4, 0.5) is 0 Å². The molecule has 0 spiro atoms. The summed E-state index contributed by atoms with van der Waals surface area (Å²) in [5.41, 5.74) is 1.08. The molecule has 82 valence electrons. The standard InChI is InChI=1S/C11H17N3S/c1-9(2)14(6-4-5-12)7-11-13-10(3)8-15-11/h8-9H,4,6-7H2,1-3H3. The zero-order chi connectivity index (χ0) is 11.3. The fourth-order valence-corrected chi connectivity index (χ4v) is 2.16. The third-order valence-electron chi connectivity index (χ3n) is 2.25. The number of hydrogen-bond acceptors (Lipinski definition) is 4. The lowest BCUT2D eigenvalue weighted by molar-refractivity contribution is 0.217. The van der Waals surface area contributed by atoms with E-state index in [4.69, 9.17) is 5.26 Å². The van der Waals surface area contributed by atoms with Gasteiger partial charge in [-0.1, -0.05) is 0 Å². The van der Waals surface area contributed by atoms with Crippen LogP contribution in [0.25, 0.3) is 0 Å². The molecule has 0 aromatic carbocycles. The maximum absolute atomic E-state index is 8.58. The molecule has 0 atom stereocenters. The molecule has 3 nitrogen and oxygen atoms in total. The van der Waals surface area contributed by atoms with Crippen LogP contribution in [0.2, 0.25) is 0 Å². The Morgan fingerprint density at radius 1 is 1.60 bits per heavy atom. The molecule has 0 N–H and O–H groups in total. The number of nitrogens with zero attached hydrogens (tertiary/aromatic N) is 3. The highest BCUT2D eigenvalue weighted by molar-refractivity contribution is 7.09. The SMILES string of the molecule is Cc1csc(CN(CCC#N)C(C)C)n1. The van der Waals surface area contributed by atoms with Gasteiger partial charge in [-0.25, -0.2) is 4.98 Å². The number of aryl methyl sites for hydroxylation is 1.